The fourth-order valence-electron chi connectivity index (χ4n) is 2.96. The van der Waals surface area contributed by atoms with Crippen molar-refractivity contribution in [1.29, 1.82) is 0 Å². The maximum absolute atomic E-state index is 13.4. The molecule has 0 fully saturated rings. The Kier molecular flexibility index (Phi) is 5.95. The molecule has 1 amide bonds. The summed E-state index contributed by atoms with van der Waals surface area (Å²) in [5.74, 6) is -0.685. The fraction of sp³-hybridized carbons (Fsp3) is 0.0455. The van der Waals surface area contributed by atoms with E-state index in [9.17, 15) is 18.0 Å². The molecule has 3 N–H and O–H groups in total. The van der Waals surface area contributed by atoms with E-state index in [0.717, 1.165) is 21.4 Å². The van der Waals surface area contributed by atoms with E-state index in [1.807, 2.05) is 0 Å². The lowest BCUT2D eigenvalue weighted by molar-refractivity contribution is -0.137. The van der Waals surface area contributed by atoms with E-state index in [1.165, 1.54) is 18.2 Å². The number of rotatable bonds is 3. The van der Waals surface area contributed by atoms with Crippen molar-refractivity contribution >= 4 is 50.1 Å². The minimum atomic E-state index is -4.60. The highest BCUT2D eigenvalue weighted by Crippen LogP contribution is 2.36. The zero-order valence-corrected chi connectivity index (χ0v) is 17.8. The van der Waals surface area contributed by atoms with Gasteiger partial charge in [0.15, 0.2) is 0 Å². The molecule has 0 bridgehead atoms. The summed E-state index contributed by atoms with van der Waals surface area (Å²) >= 11 is 3.29. The van der Waals surface area contributed by atoms with Crippen molar-refractivity contribution in [3.05, 3.63) is 88.5 Å². The molecule has 32 heavy (non-hydrogen) atoms. The molecule has 0 aliphatic heterocycles. The number of aromatic nitrogens is 2. The first-order valence-corrected chi connectivity index (χ1v) is 10.1. The molecule has 0 spiro atoms. The standard InChI is InChI=1S/C22H15BrF3N5O/c23-15-7-5-13(6-8-15)20(32)30-21(28-16-9-10-18-14(11-16)12-27-31-18)29-19-4-2-1-3-17(19)22(24,25)26/h1-12H,(H,27,31)(H2,28,29,30,32). The van der Waals surface area contributed by atoms with Crippen LogP contribution in [0.1, 0.15) is 15.9 Å². The Bertz CT molecular complexity index is 1300. The molecular weight excluding hydrogens is 487 g/mol. The maximum atomic E-state index is 13.4. The zero-order valence-electron chi connectivity index (χ0n) is 16.2. The summed E-state index contributed by atoms with van der Waals surface area (Å²) in [4.78, 5) is 16.8. The summed E-state index contributed by atoms with van der Waals surface area (Å²) in [5.41, 5.74) is 0.371. The summed E-state index contributed by atoms with van der Waals surface area (Å²) in [6.07, 6.45) is -2.99. The number of hydrogen-bond donors (Lipinski definition) is 3. The molecular formula is C22H15BrF3N5O. The van der Waals surface area contributed by atoms with Crippen LogP contribution in [0.2, 0.25) is 0 Å². The molecule has 1 aromatic heterocycles. The maximum Gasteiger partial charge on any atom is 0.418 e. The average molecular weight is 502 g/mol. The first-order valence-electron chi connectivity index (χ1n) is 9.31. The van der Waals surface area contributed by atoms with E-state index >= 15 is 0 Å². The molecule has 162 valence electrons. The van der Waals surface area contributed by atoms with Crippen LogP contribution in [0.15, 0.2) is 82.4 Å². The largest absolute Gasteiger partial charge is 0.418 e. The van der Waals surface area contributed by atoms with Gasteiger partial charge in [-0.1, -0.05) is 28.1 Å². The van der Waals surface area contributed by atoms with Gasteiger partial charge in [0.2, 0.25) is 5.96 Å². The average Bonchev–Trinajstić information content (AvgIpc) is 3.21. The second-order valence-electron chi connectivity index (χ2n) is 6.73. The number of anilines is 1. The number of alkyl halides is 3. The van der Waals surface area contributed by atoms with Gasteiger partial charge < -0.3 is 5.32 Å². The molecule has 0 saturated heterocycles. The van der Waals surface area contributed by atoms with E-state index in [4.69, 9.17) is 0 Å². The van der Waals surface area contributed by atoms with Gasteiger partial charge in [0.05, 0.1) is 23.0 Å². The Morgan fingerprint density at radius 2 is 1.78 bits per heavy atom. The first-order chi connectivity index (χ1) is 15.3. The third kappa shape index (κ3) is 4.97. The Morgan fingerprint density at radius 3 is 2.53 bits per heavy atom. The Hall–Kier alpha value is -3.66. The van der Waals surface area contributed by atoms with E-state index in [1.54, 1.807) is 48.7 Å². The minimum Gasteiger partial charge on any atom is -0.326 e. The Morgan fingerprint density at radius 1 is 1.03 bits per heavy atom. The van der Waals surface area contributed by atoms with Gasteiger partial charge in [0, 0.05) is 21.1 Å². The smallest absolute Gasteiger partial charge is 0.326 e. The van der Waals surface area contributed by atoms with Gasteiger partial charge in [0.1, 0.15) is 0 Å². The number of guanidine groups is 1. The minimum absolute atomic E-state index is 0.155. The van der Waals surface area contributed by atoms with Crippen molar-refractivity contribution in [2.24, 2.45) is 4.99 Å². The third-order valence-corrected chi connectivity index (χ3v) is 5.01. The van der Waals surface area contributed by atoms with E-state index in [0.29, 0.717) is 11.3 Å². The molecule has 0 aliphatic carbocycles. The van der Waals surface area contributed by atoms with Gasteiger partial charge in [-0.15, -0.1) is 0 Å². The number of aromatic amines is 1. The summed E-state index contributed by atoms with van der Waals surface area (Å²) < 4.78 is 41.1. The van der Waals surface area contributed by atoms with Crippen molar-refractivity contribution < 1.29 is 18.0 Å². The second kappa shape index (κ2) is 8.83. The van der Waals surface area contributed by atoms with Crippen molar-refractivity contribution in [2.75, 3.05) is 5.32 Å². The van der Waals surface area contributed by atoms with Crippen molar-refractivity contribution in [2.45, 2.75) is 6.18 Å². The Balaban J connectivity index is 1.71. The van der Waals surface area contributed by atoms with E-state index in [2.05, 4.69) is 41.8 Å². The van der Waals surface area contributed by atoms with Crippen molar-refractivity contribution in [1.82, 2.24) is 15.5 Å². The topological polar surface area (TPSA) is 82.2 Å². The predicted octanol–water partition coefficient (Wildman–Crippen LogP) is 5.87. The third-order valence-electron chi connectivity index (χ3n) is 4.48. The number of aliphatic imine (C=N–C) groups is 1. The number of benzene rings is 3. The van der Waals surface area contributed by atoms with Crippen molar-refractivity contribution in [3.63, 3.8) is 0 Å². The lowest BCUT2D eigenvalue weighted by atomic mass is 10.2. The lowest BCUT2D eigenvalue weighted by Crippen LogP contribution is -2.35. The summed E-state index contributed by atoms with van der Waals surface area (Å²) in [6, 6.07) is 16.6. The zero-order chi connectivity index (χ0) is 22.7. The number of H-pyrrole nitrogens is 1. The van der Waals surface area contributed by atoms with E-state index < -0.39 is 17.6 Å². The van der Waals surface area contributed by atoms with Crippen LogP contribution in [-0.2, 0) is 6.18 Å². The van der Waals surface area contributed by atoms with Crippen LogP contribution < -0.4 is 10.6 Å². The molecule has 3 aromatic carbocycles. The molecule has 10 heteroatoms. The van der Waals surface area contributed by atoms with Crippen LogP contribution in [0.5, 0.6) is 0 Å². The van der Waals surface area contributed by atoms with Crippen LogP contribution in [0.25, 0.3) is 10.9 Å². The van der Waals surface area contributed by atoms with Crippen molar-refractivity contribution in [3.8, 4) is 0 Å². The summed E-state index contributed by atoms with van der Waals surface area (Å²) in [5, 5.41) is 13.0. The number of para-hydroxylation sites is 1. The number of halogens is 4. The van der Waals surface area contributed by atoms with Gasteiger partial charge in [0.25, 0.3) is 5.91 Å². The van der Waals surface area contributed by atoms with Crippen LogP contribution >= 0.6 is 15.9 Å². The highest BCUT2D eigenvalue weighted by Gasteiger charge is 2.33. The first kappa shape index (κ1) is 21.6. The van der Waals surface area contributed by atoms with Crippen LogP contribution in [0, 0.1) is 0 Å². The molecule has 0 radical (unpaired) electrons. The molecule has 0 atom stereocenters. The van der Waals surface area contributed by atoms with Gasteiger partial charge in [-0.05, 0) is 54.6 Å². The number of fused-ring (bicyclic) bond motifs is 1. The highest BCUT2D eigenvalue weighted by molar-refractivity contribution is 9.10. The lowest BCUT2D eigenvalue weighted by Gasteiger charge is -2.14. The fourth-order valence-corrected chi connectivity index (χ4v) is 3.22. The van der Waals surface area contributed by atoms with Gasteiger partial charge in [-0.2, -0.15) is 18.3 Å². The number of nitrogens with zero attached hydrogens (tertiary/aromatic N) is 2. The second-order valence-corrected chi connectivity index (χ2v) is 7.65. The van der Waals surface area contributed by atoms with Crippen LogP contribution in [0.4, 0.5) is 24.5 Å². The van der Waals surface area contributed by atoms with Crippen LogP contribution in [0.3, 0.4) is 0 Å². The molecule has 0 saturated carbocycles. The number of carbonyl (C=O) groups is 1. The molecule has 6 nitrogen and oxygen atoms in total. The van der Waals surface area contributed by atoms with Crippen LogP contribution in [-0.4, -0.2) is 22.1 Å². The molecule has 0 aliphatic rings. The predicted molar refractivity (Wildman–Crippen MR) is 120 cm³/mol. The SMILES string of the molecule is O=C(NC(=Nc1ccccc1C(F)(F)F)Nc1ccc2[nH]ncc2c1)c1ccc(Br)cc1. The van der Waals surface area contributed by atoms with E-state index in [-0.39, 0.29) is 11.6 Å². The normalized spacial score (nSPS) is 12.1. The van der Waals surface area contributed by atoms with Gasteiger partial charge >= 0.3 is 6.18 Å². The van der Waals surface area contributed by atoms with Gasteiger partial charge in [-0.25, -0.2) is 4.99 Å². The molecule has 1 heterocycles. The highest BCUT2D eigenvalue weighted by atomic mass is 79.9. The number of carbonyl (C=O) groups excluding carboxylic acids is 1. The summed E-state index contributed by atoms with van der Waals surface area (Å²) in [6.45, 7) is 0. The number of hydrogen-bond acceptors (Lipinski definition) is 3. The molecule has 0 unspecified atom stereocenters. The molecule has 4 rings (SSSR count). The number of nitrogens with one attached hydrogen (secondary N) is 3. The Labute approximate surface area is 188 Å². The number of amides is 1. The monoisotopic (exact) mass is 501 g/mol. The summed E-state index contributed by atoms with van der Waals surface area (Å²) in [7, 11) is 0. The van der Waals surface area contributed by atoms with Gasteiger partial charge in [-0.3, -0.25) is 15.2 Å². The quantitative estimate of drug-likeness (QED) is 0.242. The molecule has 4 aromatic rings.